The average molecular weight is 554 g/mol. The smallest absolute Gasteiger partial charge is 0.326 e. The van der Waals surface area contributed by atoms with Crippen molar-refractivity contribution in [2.75, 3.05) is 5.75 Å². The summed E-state index contributed by atoms with van der Waals surface area (Å²) >= 11 is 4.07. The molecular formula is C28H35N5O5S. The molecule has 0 spiro atoms. The lowest BCUT2D eigenvalue weighted by atomic mass is 9.99. The van der Waals surface area contributed by atoms with E-state index in [4.69, 9.17) is 5.73 Å². The van der Waals surface area contributed by atoms with E-state index in [9.17, 15) is 24.3 Å². The Balaban J connectivity index is 1.79. The highest BCUT2D eigenvalue weighted by Gasteiger charge is 2.32. The van der Waals surface area contributed by atoms with Gasteiger partial charge in [-0.2, -0.15) is 12.6 Å². The van der Waals surface area contributed by atoms with Crippen LogP contribution in [0.5, 0.6) is 0 Å². The monoisotopic (exact) mass is 553 g/mol. The molecule has 3 amide bonds. The fraction of sp³-hybridized carbons (Fsp3) is 0.357. The molecule has 0 bridgehead atoms. The second-order valence-electron chi connectivity index (χ2n) is 9.73. The van der Waals surface area contributed by atoms with Crippen molar-refractivity contribution < 1.29 is 24.3 Å². The van der Waals surface area contributed by atoms with Gasteiger partial charge < -0.3 is 31.8 Å². The number of nitrogens with two attached hydrogens (primary N) is 1. The number of carbonyl (C=O) groups excluding carboxylic acids is 3. The summed E-state index contributed by atoms with van der Waals surface area (Å²) in [5.74, 6) is -3.25. The number of aromatic amines is 1. The first kappa shape index (κ1) is 29.7. The van der Waals surface area contributed by atoms with Gasteiger partial charge in [0.1, 0.15) is 18.1 Å². The zero-order valence-corrected chi connectivity index (χ0v) is 22.8. The van der Waals surface area contributed by atoms with Gasteiger partial charge in [0.15, 0.2) is 0 Å². The van der Waals surface area contributed by atoms with E-state index in [2.05, 4.69) is 33.6 Å². The maximum absolute atomic E-state index is 13.5. The van der Waals surface area contributed by atoms with Crippen molar-refractivity contribution >= 4 is 47.2 Å². The molecule has 2 aromatic carbocycles. The first-order valence-electron chi connectivity index (χ1n) is 12.7. The number of amides is 3. The Morgan fingerprint density at radius 3 is 2.15 bits per heavy atom. The molecule has 0 aliphatic carbocycles. The molecule has 1 heterocycles. The van der Waals surface area contributed by atoms with Crippen molar-refractivity contribution in [3.8, 4) is 0 Å². The molecule has 10 nitrogen and oxygen atoms in total. The van der Waals surface area contributed by atoms with Crippen LogP contribution in [0, 0.1) is 5.92 Å². The van der Waals surface area contributed by atoms with Crippen LogP contribution in [-0.4, -0.2) is 63.7 Å². The Bertz CT molecular complexity index is 1300. The predicted octanol–water partition coefficient (Wildman–Crippen LogP) is 1.41. The lowest BCUT2D eigenvalue weighted by Gasteiger charge is -2.27. The number of hydrogen-bond donors (Lipinski definition) is 7. The minimum absolute atomic E-state index is 0.0849. The molecular weight excluding hydrogens is 518 g/mol. The molecule has 208 valence electrons. The Kier molecular flexibility index (Phi) is 10.5. The summed E-state index contributed by atoms with van der Waals surface area (Å²) in [5, 5.41) is 18.6. The molecule has 7 N–H and O–H groups in total. The van der Waals surface area contributed by atoms with Crippen LogP contribution in [0.1, 0.15) is 25.0 Å². The van der Waals surface area contributed by atoms with Gasteiger partial charge in [0.2, 0.25) is 17.7 Å². The highest BCUT2D eigenvalue weighted by atomic mass is 32.1. The first-order valence-corrected chi connectivity index (χ1v) is 13.3. The van der Waals surface area contributed by atoms with Gasteiger partial charge in [-0.3, -0.25) is 14.4 Å². The molecule has 0 fully saturated rings. The molecule has 0 saturated carbocycles. The van der Waals surface area contributed by atoms with E-state index in [1.807, 2.05) is 30.3 Å². The van der Waals surface area contributed by atoms with Gasteiger partial charge in [-0.05, 0) is 23.1 Å². The standard InChI is InChI=1S/C28H35N5O5S/c1-16(2)24(27(36)32-23(28(37)38)12-17-8-4-3-5-9-17)33-26(35)22(31-25(34)20(29)15-39)13-18-14-30-21-11-7-6-10-19(18)21/h3-11,14,16,20,22-24,30,39H,12-13,15,29H2,1-2H3,(H,31,34)(H,32,36)(H,33,35)(H,37,38). The number of aromatic nitrogens is 1. The second kappa shape index (κ2) is 13.8. The summed E-state index contributed by atoms with van der Waals surface area (Å²) in [6.45, 7) is 3.48. The lowest BCUT2D eigenvalue weighted by molar-refractivity contribution is -0.142. The fourth-order valence-corrected chi connectivity index (χ4v) is 4.36. The SMILES string of the molecule is CC(C)C(NC(=O)C(Cc1c[nH]c2ccccc12)NC(=O)C(N)CS)C(=O)NC(Cc1ccccc1)C(=O)O. The molecule has 0 aliphatic rings. The van der Waals surface area contributed by atoms with Crippen LogP contribution in [0.3, 0.4) is 0 Å². The second-order valence-corrected chi connectivity index (χ2v) is 10.1. The quantitative estimate of drug-likeness (QED) is 0.158. The summed E-state index contributed by atoms with van der Waals surface area (Å²) < 4.78 is 0. The fourth-order valence-electron chi connectivity index (χ4n) is 4.19. The van der Waals surface area contributed by atoms with Crippen LogP contribution in [0.25, 0.3) is 10.9 Å². The number of para-hydroxylation sites is 1. The number of rotatable bonds is 13. The normalized spacial score (nSPS) is 14.3. The van der Waals surface area contributed by atoms with Gasteiger partial charge in [-0.1, -0.05) is 62.4 Å². The van der Waals surface area contributed by atoms with Crippen molar-refractivity contribution in [1.29, 1.82) is 0 Å². The topological polar surface area (TPSA) is 166 Å². The van der Waals surface area contributed by atoms with Crippen molar-refractivity contribution in [3.05, 3.63) is 71.9 Å². The highest BCUT2D eigenvalue weighted by molar-refractivity contribution is 7.80. The van der Waals surface area contributed by atoms with Gasteiger partial charge in [0.05, 0.1) is 6.04 Å². The zero-order valence-electron chi connectivity index (χ0n) is 21.9. The van der Waals surface area contributed by atoms with Crippen LogP contribution in [-0.2, 0) is 32.0 Å². The summed E-state index contributed by atoms with van der Waals surface area (Å²) in [4.78, 5) is 54.3. The van der Waals surface area contributed by atoms with E-state index in [1.165, 1.54) is 0 Å². The summed E-state index contributed by atoms with van der Waals surface area (Å²) in [6.07, 6.45) is 1.99. The first-order chi connectivity index (χ1) is 18.6. The molecule has 11 heteroatoms. The molecule has 1 aromatic heterocycles. The minimum atomic E-state index is -1.19. The zero-order chi connectivity index (χ0) is 28.5. The Morgan fingerprint density at radius 2 is 1.51 bits per heavy atom. The third-order valence-corrected chi connectivity index (χ3v) is 6.80. The van der Waals surface area contributed by atoms with Gasteiger partial charge in [-0.25, -0.2) is 4.79 Å². The van der Waals surface area contributed by atoms with Crippen LogP contribution in [0.4, 0.5) is 0 Å². The summed E-state index contributed by atoms with van der Waals surface area (Å²) in [6, 6.07) is 12.3. The van der Waals surface area contributed by atoms with Gasteiger partial charge in [0, 0.05) is 35.7 Å². The number of carboxylic acids is 1. The molecule has 0 aliphatic heterocycles. The number of benzene rings is 2. The van der Waals surface area contributed by atoms with Crippen LogP contribution in [0.15, 0.2) is 60.8 Å². The Morgan fingerprint density at radius 1 is 0.872 bits per heavy atom. The van der Waals surface area contributed by atoms with Crippen molar-refractivity contribution in [2.45, 2.75) is 50.9 Å². The third kappa shape index (κ3) is 8.08. The molecule has 4 atom stereocenters. The Hall–Kier alpha value is -3.83. The van der Waals surface area contributed by atoms with Crippen LogP contribution < -0.4 is 21.7 Å². The number of hydrogen-bond acceptors (Lipinski definition) is 6. The summed E-state index contributed by atoms with van der Waals surface area (Å²) in [7, 11) is 0. The molecule has 3 aromatic rings. The van der Waals surface area contributed by atoms with E-state index in [-0.39, 0.29) is 24.5 Å². The van der Waals surface area contributed by atoms with Crippen molar-refractivity contribution in [1.82, 2.24) is 20.9 Å². The van der Waals surface area contributed by atoms with Gasteiger partial charge in [-0.15, -0.1) is 0 Å². The molecule has 3 rings (SSSR count). The minimum Gasteiger partial charge on any atom is -0.480 e. The Labute approximate surface area is 232 Å². The van der Waals surface area contributed by atoms with E-state index in [1.54, 1.807) is 44.3 Å². The number of nitrogens with one attached hydrogen (secondary N) is 4. The van der Waals surface area contributed by atoms with Gasteiger partial charge in [0.25, 0.3) is 0 Å². The number of carbonyl (C=O) groups is 4. The van der Waals surface area contributed by atoms with Crippen molar-refractivity contribution in [3.63, 3.8) is 0 Å². The maximum Gasteiger partial charge on any atom is 0.326 e. The number of H-pyrrole nitrogens is 1. The molecule has 4 unspecified atom stereocenters. The van der Waals surface area contributed by atoms with E-state index >= 15 is 0 Å². The number of fused-ring (bicyclic) bond motifs is 1. The largest absolute Gasteiger partial charge is 0.480 e. The highest BCUT2D eigenvalue weighted by Crippen LogP contribution is 2.19. The average Bonchev–Trinajstić information content (AvgIpc) is 3.33. The lowest BCUT2D eigenvalue weighted by Crippen LogP contribution is -2.59. The number of thiol groups is 1. The van der Waals surface area contributed by atoms with E-state index in [0.29, 0.717) is 0 Å². The summed E-state index contributed by atoms with van der Waals surface area (Å²) in [5.41, 5.74) is 8.25. The maximum atomic E-state index is 13.5. The molecule has 39 heavy (non-hydrogen) atoms. The van der Waals surface area contributed by atoms with E-state index in [0.717, 1.165) is 22.0 Å². The van der Waals surface area contributed by atoms with E-state index < -0.39 is 47.9 Å². The van der Waals surface area contributed by atoms with Gasteiger partial charge >= 0.3 is 5.97 Å². The van der Waals surface area contributed by atoms with Crippen LogP contribution >= 0.6 is 12.6 Å². The third-order valence-electron chi connectivity index (χ3n) is 6.41. The molecule has 0 radical (unpaired) electrons. The number of aliphatic carboxylic acids is 1. The predicted molar refractivity (Wildman–Crippen MR) is 152 cm³/mol. The molecule has 0 saturated heterocycles. The van der Waals surface area contributed by atoms with Crippen molar-refractivity contribution in [2.24, 2.45) is 11.7 Å². The van der Waals surface area contributed by atoms with Crippen LogP contribution in [0.2, 0.25) is 0 Å². The number of carboxylic acid groups (broad SMARTS) is 1.